The van der Waals surface area contributed by atoms with E-state index in [2.05, 4.69) is 9.84 Å². The summed E-state index contributed by atoms with van der Waals surface area (Å²) >= 11 is 0. The maximum atomic E-state index is 11.7. The van der Waals surface area contributed by atoms with Crippen LogP contribution in [0.15, 0.2) is 0 Å². The van der Waals surface area contributed by atoms with Gasteiger partial charge in [-0.15, -0.1) is 0 Å². The Balaban J connectivity index is 1.93. The molecule has 24 heavy (non-hydrogen) atoms. The Bertz CT molecular complexity index is 379. The van der Waals surface area contributed by atoms with Crippen molar-refractivity contribution >= 4 is 13.7 Å². The standard InChI is InChI=1S/C16H32NO6P/c18-16(14-22-15-10-6-2-1-3-7-11-15)17-12-8-4-5-9-13-23-24(19,20)21/h15H,1-14H2,(H,17,18)(H2,19,20,21). The number of hydrogen-bond donors (Lipinski definition) is 3. The lowest BCUT2D eigenvalue weighted by Crippen LogP contribution is -2.30. The predicted molar refractivity (Wildman–Crippen MR) is 91.5 cm³/mol. The second kappa shape index (κ2) is 12.8. The average Bonchev–Trinajstić information content (AvgIpc) is 2.47. The van der Waals surface area contributed by atoms with Gasteiger partial charge in [-0.25, -0.2) is 4.57 Å². The minimum atomic E-state index is -4.34. The van der Waals surface area contributed by atoms with Crippen LogP contribution in [-0.4, -0.2) is 41.6 Å². The van der Waals surface area contributed by atoms with Crippen molar-refractivity contribution in [3.63, 3.8) is 0 Å². The molecule has 1 aliphatic rings. The van der Waals surface area contributed by atoms with E-state index in [-0.39, 0.29) is 25.2 Å². The fraction of sp³-hybridized carbons (Fsp3) is 0.938. The smallest absolute Gasteiger partial charge is 0.368 e. The molecule has 0 atom stereocenters. The zero-order valence-electron chi connectivity index (χ0n) is 14.5. The Morgan fingerprint density at radius 2 is 1.62 bits per heavy atom. The molecule has 1 rings (SSSR count). The number of phosphoric acid groups is 1. The third kappa shape index (κ3) is 12.9. The fourth-order valence-electron chi connectivity index (χ4n) is 2.82. The number of amides is 1. The first kappa shape index (κ1) is 21.6. The van der Waals surface area contributed by atoms with Gasteiger partial charge in [-0.2, -0.15) is 0 Å². The predicted octanol–water partition coefficient (Wildman–Crippen LogP) is 2.90. The van der Waals surface area contributed by atoms with E-state index >= 15 is 0 Å². The Kier molecular flexibility index (Phi) is 11.5. The highest BCUT2D eigenvalue weighted by Gasteiger charge is 2.13. The van der Waals surface area contributed by atoms with E-state index in [9.17, 15) is 9.36 Å². The molecule has 1 saturated carbocycles. The van der Waals surface area contributed by atoms with Crippen molar-refractivity contribution in [2.75, 3.05) is 19.8 Å². The molecule has 3 N–H and O–H groups in total. The summed E-state index contributed by atoms with van der Waals surface area (Å²) in [5, 5.41) is 2.85. The minimum Gasteiger partial charge on any atom is -0.368 e. The summed E-state index contributed by atoms with van der Waals surface area (Å²) < 4.78 is 20.5. The van der Waals surface area contributed by atoms with Gasteiger partial charge in [0.25, 0.3) is 0 Å². The molecule has 0 spiro atoms. The number of nitrogens with one attached hydrogen (secondary N) is 1. The van der Waals surface area contributed by atoms with Crippen molar-refractivity contribution < 1.29 is 28.4 Å². The summed E-state index contributed by atoms with van der Waals surface area (Å²) in [6.07, 6.45) is 11.7. The maximum Gasteiger partial charge on any atom is 0.469 e. The molecule has 7 nitrogen and oxygen atoms in total. The SMILES string of the molecule is O=C(COC1CCCCCCC1)NCCCCCCOP(=O)(O)O. The van der Waals surface area contributed by atoms with Crippen LogP contribution in [0.25, 0.3) is 0 Å². The molecule has 0 aromatic heterocycles. The molecule has 0 saturated heterocycles. The normalized spacial score (nSPS) is 17.2. The minimum absolute atomic E-state index is 0.0614. The van der Waals surface area contributed by atoms with Crippen molar-refractivity contribution in [3.05, 3.63) is 0 Å². The lowest BCUT2D eigenvalue weighted by molar-refractivity contribution is -0.128. The van der Waals surface area contributed by atoms with Crippen molar-refractivity contribution in [1.29, 1.82) is 0 Å². The van der Waals surface area contributed by atoms with E-state index in [0.717, 1.165) is 32.1 Å². The molecule has 8 heteroatoms. The highest BCUT2D eigenvalue weighted by molar-refractivity contribution is 7.46. The number of phosphoric ester groups is 1. The number of unbranched alkanes of at least 4 members (excludes halogenated alkanes) is 3. The molecule has 0 aromatic rings. The van der Waals surface area contributed by atoms with Crippen molar-refractivity contribution in [3.8, 4) is 0 Å². The van der Waals surface area contributed by atoms with Gasteiger partial charge >= 0.3 is 7.82 Å². The number of hydrogen-bond acceptors (Lipinski definition) is 4. The van der Waals surface area contributed by atoms with Crippen molar-refractivity contribution in [2.24, 2.45) is 0 Å². The number of rotatable bonds is 11. The Morgan fingerprint density at radius 3 is 2.29 bits per heavy atom. The first-order chi connectivity index (χ1) is 11.5. The molecular formula is C16H32NO6P. The van der Waals surface area contributed by atoms with Crippen LogP contribution in [0.5, 0.6) is 0 Å². The summed E-state index contributed by atoms with van der Waals surface area (Å²) in [6, 6.07) is 0. The molecule has 0 heterocycles. The third-order valence-corrected chi connectivity index (χ3v) is 4.67. The van der Waals surface area contributed by atoms with Crippen LogP contribution in [0.1, 0.15) is 70.6 Å². The molecule has 0 unspecified atom stereocenters. The Hall–Kier alpha value is -0.460. The number of ether oxygens (including phenoxy) is 1. The van der Waals surface area contributed by atoms with E-state index in [1.54, 1.807) is 0 Å². The van der Waals surface area contributed by atoms with Crippen LogP contribution in [-0.2, 0) is 18.6 Å². The van der Waals surface area contributed by atoms with Gasteiger partial charge in [0, 0.05) is 6.54 Å². The van der Waals surface area contributed by atoms with E-state index in [1.165, 1.54) is 32.1 Å². The van der Waals surface area contributed by atoms with E-state index < -0.39 is 7.82 Å². The van der Waals surface area contributed by atoms with Crippen LogP contribution in [0.3, 0.4) is 0 Å². The van der Waals surface area contributed by atoms with Crippen LogP contribution < -0.4 is 5.32 Å². The topological polar surface area (TPSA) is 105 Å². The zero-order chi connectivity index (χ0) is 17.7. The van der Waals surface area contributed by atoms with Gasteiger partial charge < -0.3 is 19.8 Å². The Morgan fingerprint density at radius 1 is 1.00 bits per heavy atom. The van der Waals surface area contributed by atoms with Gasteiger partial charge in [-0.3, -0.25) is 9.32 Å². The van der Waals surface area contributed by atoms with Gasteiger partial charge in [-0.05, 0) is 25.7 Å². The molecule has 1 aliphatic carbocycles. The van der Waals surface area contributed by atoms with Gasteiger partial charge in [0.05, 0.1) is 12.7 Å². The Labute approximate surface area is 144 Å². The first-order valence-electron chi connectivity index (χ1n) is 9.06. The zero-order valence-corrected chi connectivity index (χ0v) is 15.3. The summed E-state index contributed by atoms with van der Waals surface area (Å²) in [6.45, 7) is 0.804. The molecule has 0 radical (unpaired) electrons. The van der Waals surface area contributed by atoms with Gasteiger partial charge in [-0.1, -0.05) is 44.9 Å². The second-order valence-corrected chi connectivity index (χ2v) is 7.61. The summed E-state index contributed by atoms with van der Waals surface area (Å²) in [5.74, 6) is -0.0677. The van der Waals surface area contributed by atoms with Crippen molar-refractivity contribution in [1.82, 2.24) is 5.32 Å². The van der Waals surface area contributed by atoms with Crippen molar-refractivity contribution in [2.45, 2.75) is 76.7 Å². The fourth-order valence-corrected chi connectivity index (χ4v) is 3.19. The second-order valence-electron chi connectivity index (χ2n) is 6.37. The van der Waals surface area contributed by atoms with Crippen LogP contribution in [0.2, 0.25) is 0 Å². The molecular weight excluding hydrogens is 333 g/mol. The molecule has 0 bridgehead atoms. The molecule has 0 aromatic carbocycles. The average molecular weight is 365 g/mol. The third-order valence-electron chi connectivity index (χ3n) is 4.16. The highest BCUT2D eigenvalue weighted by atomic mass is 31.2. The lowest BCUT2D eigenvalue weighted by atomic mass is 9.99. The van der Waals surface area contributed by atoms with E-state index in [4.69, 9.17) is 14.5 Å². The van der Waals surface area contributed by atoms with Gasteiger partial charge in [0.1, 0.15) is 6.61 Å². The van der Waals surface area contributed by atoms with Crippen LogP contribution in [0.4, 0.5) is 0 Å². The molecule has 1 amide bonds. The van der Waals surface area contributed by atoms with Crippen LogP contribution in [0, 0.1) is 0 Å². The highest BCUT2D eigenvalue weighted by Crippen LogP contribution is 2.35. The van der Waals surface area contributed by atoms with Gasteiger partial charge in [0.2, 0.25) is 5.91 Å². The quantitative estimate of drug-likeness (QED) is 0.384. The molecule has 142 valence electrons. The summed E-state index contributed by atoms with van der Waals surface area (Å²) in [5.41, 5.74) is 0. The van der Waals surface area contributed by atoms with Crippen LogP contribution >= 0.6 is 7.82 Å². The maximum absolute atomic E-state index is 11.7. The van der Waals surface area contributed by atoms with Gasteiger partial charge in [0.15, 0.2) is 0 Å². The lowest BCUT2D eigenvalue weighted by Gasteiger charge is -2.20. The monoisotopic (exact) mass is 365 g/mol. The summed E-state index contributed by atoms with van der Waals surface area (Å²) in [7, 11) is -4.34. The van der Waals surface area contributed by atoms with E-state index in [0.29, 0.717) is 13.0 Å². The largest absolute Gasteiger partial charge is 0.469 e. The molecule has 1 fully saturated rings. The molecule has 0 aliphatic heterocycles. The van der Waals surface area contributed by atoms with E-state index in [1.807, 2.05) is 0 Å². The summed E-state index contributed by atoms with van der Waals surface area (Å²) in [4.78, 5) is 28.8. The number of carbonyl (C=O) groups is 1. The number of carbonyl (C=O) groups excluding carboxylic acids is 1. The first-order valence-corrected chi connectivity index (χ1v) is 10.6.